The first-order chi connectivity index (χ1) is 10.2. The fraction of sp³-hybridized carbons (Fsp3) is 1.00. The molecule has 3 atom stereocenters. The summed E-state index contributed by atoms with van der Waals surface area (Å²) in [5.41, 5.74) is 0. The van der Waals surface area contributed by atoms with Gasteiger partial charge >= 0.3 is 0 Å². The maximum atomic E-state index is 8.92. The van der Waals surface area contributed by atoms with E-state index in [1.165, 1.54) is 0 Å². The lowest BCUT2D eigenvalue weighted by atomic mass is 9.98. The topological polar surface area (TPSA) is 47.9 Å². The largest absolute Gasteiger partial charge is 0.394 e. The predicted molar refractivity (Wildman–Crippen MR) is 91.2 cm³/mol. The van der Waals surface area contributed by atoms with Crippen molar-refractivity contribution in [1.29, 1.82) is 0 Å². The van der Waals surface area contributed by atoms with Gasteiger partial charge in [-0.2, -0.15) is 0 Å². The van der Waals surface area contributed by atoms with Crippen molar-refractivity contribution >= 4 is 0 Å². The molecule has 0 saturated heterocycles. The highest BCUT2D eigenvalue weighted by atomic mass is 16.6. The average molecular weight is 318 g/mol. The molecule has 3 unspecified atom stereocenters. The summed E-state index contributed by atoms with van der Waals surface area (Å²) in [5, 5.41) is 8.92. The molecule has 0 radical (unpaired) electrons. The van der Waals surface area contributed by atoms with Crippen LogP contribution in [0.3, 0.4) is 0 Å². The van der Waals surface area contributed by atoms with Crippen LogP contribution in [0.4, 0.5) is 0 Å². The van der Waals surface area contributed by atoms with Gasteiger partial charge in [-0.25, -0.2) is 0 Å². The van der Waals surface area contributed by atoms with Crippen molar-refractivity contribution in [2.45, 2.75) is 85.7 Å². The Morgan fingerprint density at radius 3 is 1.59 bits per heavy atom. The van der Waals surface area contributed by atoms with Gasteiger partial charge in [0, 0.05) is 0 Å². The van der Waals surface area contributed by atoms with Gasteiger partial charge in [-0.15, -0.1) is 0 Å². The first-order valence-corrected chi connectivity index (χ1v) is 8.74. The molecule has 0 aromatic carbocycles. The molecule has 0 bridgehead atoms. The predicted octanol–water partition coefficient (Wildman–Crippen LogP) is 3.65. The summed E-state index contributed by atoms with van der Waals surface area (Å²) in [5.74, 6) is 1.29. The van der Waals surface area contributed by atoms with E-state index in [-0.39, 0.29) is 24.9 Å². The molecule has 0 heterocycles. The molecule has 0 amide bonds. The highest BCUT2D eigenvalue weighted by Gasteiger charge is 2.17. The molecule has 4 heteroatoms. The lowest BCUT2D eigenvalue weighted by Gasteiger charge is -2.26. The van der Waals surface area contributed by atoms with Gasteiger partial charge in [0.2, 0.25) is 0 Å². The number of ether oxygens (including phenoxy) is 3. The van der Waals surface area contributed by atoms with Crippen LogP contribution in [0.5, 0.6) is 0 Å². The smallest absolute Gasteiger partial charge is 0.0784 e. The van der Waals surface area contributed by atoms with E-state index in [0.29, 0.717) is 31.2 Å². The van der Waals surface area contributed by atoms with Gasteiger partial charge in [-0.1, -0.05) is 27.7 Å². The quantitative estimate of drug-likeness (QED) is 0.563. The fourth-order valence-corrected chi connectivity index (χ4v) is 2.33. The first-order valence-electron chi connectivity index (χ1n) is 8.74. The summed E-state index contributed by atoms with van der Waals surface area (Å²) in [6.45, 7) is 16.0. The minimum absolute atomic E-state index is 0.00805. The van der Waals surface area contributed by atoms with Crippen molar-refractivity contribution in [2.24, 2.45) is 11.8 Å². The zero-order chi connectivity index (χ0) is 17.1. The summed E-state index contributed by atoms with van der Waals surface area (Å²) in [4.78, 5) is 0. The molecule has 0 saturated carbocycles. The van der Waals surface area contributed by atoms with Crippen molar-refractivity contribution in [3.63, 3.8) is 0 Å². The third kappa shape index (κ3) is 12.4. The van der Waals surface area contributed by atoms with Crippen molar-refractivity contribution < 1.29 is 19.3 Å². The van der Waals surface area contributed by atoms with Gasteiger partial charge < -0.3 is 19.3 Å². The van der Waals surface area contributed by atoms with E-state index >= 15 is 0 Å². The Hall–Kier alpha value is -0.160. The summed E-state index contributed by atoms with van der Waals surface area (Å²) in [6, 6.07) is 0. The monoisotopic (exact) mass is 318 g/mol. The molecule has 1 N–H and O–H groups in total. The number of hydrogen-bond acceptors (Lipinski definition) is 4. The molecule has 0 aliphatic heterocycles. The molecule has 0 fully saturated rings. The zero-order valence-corrected chi connectivity index (χ0v) is 15.7. The van der Waals surface area contributed by atoms with E-state index in [2.05, 4.69) is 34.6 Å². The summed E-state index contributed by atoms with van der Waals surface area (Å²) in [6.07, 6.45) is 2.44. The van der Waals surface area contributed by atoms with Crippen LogP contribution in [0.1, 0.15) is 61.3 Å². The van der Waals surface area contributed by atoms with Crippen LogP contribution in [0.15, 0.2) is 0 Å². The summed E-state index contributed by atoms with van der Waals surface area (Å²) < 4.78 is 17.4. The fourth-order valence-electron chi connectivity index (χ4n) is 2.33. The molecule has 4 nitrogen and oxygen atoms in total. The van der Waals surface area contributed by atoms with E-state index in [0.717, 1.165) is 12.8 Å². The van der Waals surface area contributed by atoms with E-state index < -0.39 is 0 Å². The van der Waals surface area contributed by atoms with Crippen molar-refractivity contribution in [3.05, 3.63) is 0 Å². The number of hydrogen-bond donors (Lipinski definition) is 1. The Labute approximate surface area is 137 Å². The number of aliphatic hydroxyl groups excluding tert-OH is 1. The second kappa shape index (κ2) is 12.3. The maximum absolute atomic E-state index is 8.92. The summed E-state index contributed by atoms with van der Waals surface area (Å²) in [7, 11) is 0. The highest BCUT2D eigenvalue weighted by Crippen LogP contribution is 2.18. The lowest BCUT2D eigenvalue weighted by molar-refractivity contribution is -0.0954. The Kier molecular flexibility index (Phi) is 12.2. The van der Waals surface area contributed by atoms with Crippen molar-refractivity contribution in [3.8, 4) is 0 Å². The molecule has 0 rings (SSSR count). The van der Waals surface area contributed by atoms with Crippen LogP contribution >= 0.6 is 0 Å². The Morgan fingerprint density at radius 1 is 0.682 bits per heavy atom. The van der Waals surface area contributed by atoms with Crippen LogP contribution in [0.25, 0.3) is 0 Å². The Bertz CT molecular complexity index is 245. The standard InChI is InChI=1S/C18H38O4/c1-13(2)8-18(9-14(3)4)22-17(7)12-21-16(6)11-20-15(5)10-19/h13-19H,8-12H2,1-7H3. The van der Waals surface area contributed by atoms with Crippen molar-refractivity contribution in [2.75, 3.05) is 19.8 Å². The molecule has 0 aromatic heterocycles. The average Bonchev–Trinajstić information content (AvgIpc) is 2.40. The minimum Gasteiger partial charge on any atom is -0.394 e. The molecule has 22 heavy (non-hydrogen) atoms. The molecule has 0 spiro atoms. The second-order valence-electron chi connectivity index (χ2n) is 7.30. The third-order valence-electron chi connectivity index (χ3n) is 3.38. The van der Waals surface area contributed by atoms with Gasteiger partial charge in [0.05, 0.1) is 44.2 Å². The number of rotatable bonds is 13. The molecule has 134 valence electrons. The second-order valence-corrected chi connectivity index (χ2v) is 7.30. The molecule has 0 aromatic rings. The van der Waals surface area contributed by atoms with Crippen LogP contribution in [-0.4, -0.2) is 49.3 Å². The molecular formula is C18H38O4. The van der Waals surface area contributed by atoms with Gasteiger partial charge in [0.15, 0.2) is 0 Å². The van der Waals surface area contributed by atoms with Crippen LogP contribution < -0.4 is 0 Å². The van der Waals surface area contributed by atoms with E-state index in [9.17, 15) is 0 Å². The maximum Gasteiger partial charge on any atom is 0.0784 e. The van der Waals surface area contributed by atoms with Gasteiger partial charge in [0.25, 0.3) is 0 Å². The third-order valence-corrected chi connectivity index (χ3v) is 3.38. The molecule has 0 aliphatic rings. The zero-order valence-electron chi connectivity index (χ0n) is 15.7. The molecular weight excluding hydrogens is 280 g/mol. The van der Waals surface area contributed by atoms with E-state index in [1.807, 2.05) is 13.8 Å². The summed E-state index contributed by atoms with van der Waals surface area (Å²) >= 11 is 0. The highest BCUT2D eigenvalue weighted by molar-refractivity contribution is 4.66. The minimum atomic E-state index is -0.138. The van der Waals surface area contributed by atoms with Crippen LogP contribution in [0.2, 0.25) is 0 Å². The Morgan fingerprint density at radius 2 is 1.14 bits per heavy atom. The van der Waals surface area contributed by atoms with Crippen LogP contribution in [0, 0.1) is 11.8 Å². The van der Waals surface area contributed by atoms with Crippen molar-refractivity contribution in [1.82, 2.24) is 0 Å². The number of aliphatic hydroxyl groups is 1. The van der Waals surface area contributed by atoms with E-state index in [4.69, 9.17) is 19.3 Å². The van der Waals surface area contributed by atoms with Crippen LogP contribution in [-0.2, 0) is 14.2 Å². The normalized spacial score (nSPS) is 16.5. The van der Waals surface area contributed by atoms with Gasteiger partial charge in [0.1, 0.15) is 0 Å². The lowest BCUT2D eigenvalue weighted by Crippen LogP contribution is -2.29. The van der Waals surface area contributed by atoms with Gasteiger partial charge in [-0.3, -0.25) is 0 Å². The Balaban J connectivity index is 4.03. The molecule has 0 aliphatic carbocycles. The van der Waals surface area contributed by atoms with E-state index in [1.54, 1.807) is 0 Å². The first kappa shape index (κ1) is 21.8. The van der Waals surface area contributed by atoms with Gasteiger partial charge in [-0.05, 0) is 45.4 Å². The SMILES string of the molecule is CC(C)CC(CC(C)C)OC(C)COC(C)COC(C)CO.